The summed E-state index contributed by atoms with van der Waals surface area (Å²) in [6, 6.07) is 12.7. The monoisotopic (exact) mass is 507 g/mol. The van der Waals surface area contributed by atoms with Gasteiger partial charge in [-0.2, -0.15) is 0 Å². The summed E-state index contributed by atoms with van der Waals surface area (Å²) in [7, 11) is 1.21. The number of hydrogen-bond acceptors (Lipinski definition) is 7. The Kier molecular flexibility index (Phi) is 6.70. The molecule has 182 valence electrons. The minimum absolute atomic E-state index is 0.0299. The van der Waals surface area contributed by atoms with Crippen LogP contribution < -0.4 is 19.7 Å². The van der Waals surface area contributed by atoms with E-state index >= 15 is 0 Å². The zero-order valence-corrected chi connectivity index (χ0v) is 18.8. The molecule has 8 nitrogen and oxygen atoms in total. The van der Waals surface area contributed by atoms with Crippen LogP contribution in [0, 0.1) is 0 Å². The van der Waals surface area contributed by atoms with Crippen LogP contribution in [0.1, 0.15) is 10.4 Å². The molecular formula is C23H17ClF3N3O5. The summed E-state index contributed by atoms with van der Waals surface area (Å²) in [5.41, 5.74) is 0.725. The number of nitrogens with zero attached hydrogens (tertiary/aromatic N) is 2. The van der Waals surface area contributed by atoms with Crippen molar-refractivity contribution < 1.29 is 37.0 Å². The zero-order valence-electron chi connectivity index (χ0n) is 18.0. The van der Waals surface area contributed by atoms with Crippen molar-refractivity contribution in [2.45, 2.75) is 12.5 Å². The maximum Gasteiger partial charge on any atom is 0.573 e. The lowest BCUT2D eigenvalue weighted by atomic mass is 10.1. The molecule has 1 aliphatic rings. The molecule has 12 heteroatoms. The van der Waals surface area contributed by atoms with Crippen LogP contribution in [-0.2, 0) is 9.53 Å². The van der Waals surface area contributed by atoms with Gasteiger partial charge in [0.25, 0.3) is 5.91 Å². The van der Waals surface area contributed by atoms with Gasteiger partial charge in [-0.25, -0.2) is 9.78 Å². The number of nitrogens with one attached hydrogen (secondary N) is 1. The van der Waals surface area contributed by atoms with Gasteiger partial charge >= 0.3 is 12.3 Å². The van der Waals surface area contributed by atoms with Crippen molar-refractivity contribution >= 4 is 40.7 Å². The lowest BCUT2D eigenvalue weighted by Gasteiger charge is -2.35. The summed E-state index contributed by atoms with van der Waals surface area (Å²) < 4.78 is 51.6. The summed E-state index contributed by atoms with van der Waals surface area (Å²) in [5.74, 6) is -1.28. The van der Waals surface area contributed by atoms with E-state index in [1.165, 1.54) is 31.5 Å². The largest absolute Gasteiger partial charge is 0.573 e. The number of fused-ring (bicyclic) bond motifs is 1. The van der Waals surface area contributed by atoms with Gasteiger partial charge in [0.2, 0.25) is 6.10 Å². The SMILES string of the molecule is COC(=O)C1CN(c2ncccc2Cl)c2cccc(C(=O)Nc3ccc(OC(F)(F)F)cc3)c2O1. The Balaban J connectivity index is 1.66. The number of methoxy groups -OCH3 is 1. The second kappa shape index (κ2) is 9.71. The molecule has 3 aromatic rings. The fraction of sp³-hybridized carbons (Fsp3) is 0.174. The third-order valence-electron chi connectivity index (χ3n) is 4.94. The van der Waals surface area contributed by atoms with Crippen LogP contribution in [0.5, 0.6) is 11.5 Å². The van der Waals surface area contributed by atoms with Crippen LogP contribution in [0.15, 0.2) is 60.8 Å². The molecule has 1 unspecified atom stereocenters. The van der Waals surface area contributed by atoms with Gasteiger partial charge in [0.1, 0.15) is 5.75 Å². The Labute approximate surface area is 202 Å². The summed E-state index contributed by atoms with van der Waals surface area (Å²) in [6.45, 7) is 0.0299. The fourth-order valence-electron chi connectivity index (χ4n) is 3.45. The van der Waals surface area contributed by atoms with E-state index in [2.05, 4.69) is 15.0 Å². The number of rotatable bonds is 5. The molecule has 1 N–H and O–H groups in total. The van der Waals surface area contributed by atoms with Crippen molar-refractivity contribution in [3.05, 3.63) is 71.4 Å². The third kappa shape index (κ3) is 5.40. The van der Waals surface area contributed by atoms with E-state index in [0.29, 0.717) is 16.5 Å². The van der Waals surface area contributed by atoms with Gasteiger partial charge in [0.05, 0.1) is 29.9 Å². The number of aromatic nitrogens is 1. The molecule has 1 amide bonds. The third-order valence-corrected chi connectivity index (χ3v) is 5.24. The van der Waals surface area contributed by atoms with Crippen LogP contribution >= 0.6 is 11.6 Å². The van der Waals surface area contributed by atoms with Crippen molar-refractivity contribution in [1.82, 2.24) is 4.98 Å². The van der Waals surface area contributed by atoms with Crippen LogP contribution in [0.25, 0.3) is 0 Å². The molecule has 0 bridgehead atoms. The standard InChI is InChI=1S/C23H17ClF3N3O5/c1-33-22(32)18-12-30(20-16(24)5-3-11-28-20)17-6-2-4-15(19(17)34-18)21(31)29-13-7-9-14(10-8-13)35-23(25,26)27/h2-11,18H,12H2,1H3,(H,29,31). The van der Waals surface area contributed by atoms with E-state index in [0.717, 1.165) is 12.1 Å². The van der Waals surface area contributed by atoms with Crippen LogP contribution in [0.3, 0.4) is 0 Å². The van der Waals surface area contributed by atoms with Crippen molar-refractivity contribution in [1.29, 1.82) is 0 Å². The molecule has 1 atom stereocenters. The minimum atomic E-state index is -4.83. The molecule has 0 radical (unpaired) electrons. The topological polar surface area (TPSA) is 90.0 Å². The number of alkyl halides is 3. The Morgan fingerprint density at radius 3 is 2.54 bits per heavy atom. The predicted octanol–water partition coefficient (Wildman–Crippen LogP) is 4.96. The molecule has 4 rings (SSSR count). The zero-order chi connectivity index (χ0) is 25.2. The number of anilines is 3. The predicted molar refractivity (Wildman–Crippen MR) is 120 cm³/mol. The second-order valence-electron chi connectivity index (χ2n) is 7.23. The summed E-state index contributed by atoms with van der Waals surface area (Å²) >= 11 is 6.33. The van der Waals surface area contributed by atoms with Gasteiger partial charge in [-0.1, -0.05) is 17.7 Å². The molecule has 0 saturated carbocycles. The van der Waals surface area contributed by atoms with Crippen LogP contribution in [-0.4, -0.2) is 43.0 Å². The molecular weight excluding hydrogens is 491 g/mol. The average molecular weight is 508 g/mol. The average Bonchev–Trinajstić information content (AvgIpc) is 2.83. The Bertz CT molecular complexity index is 1250. The smallest absolute Gasteiger partial charge is 0.474 e. The molecule has 0 spiro atoms. The number of ether oxygens (including phenoxy) is 3. The van der Waals surface area contributed by atoms with E-state index in [1.807, 2.05) is 0 Å². The lowest BCUT2D eigenvalue weighted by Crippen LogP contribution is -2.44. The summed E-state index contributed by atoms with van der Waals surface area (Å²) in [5, 5.41) is 2.91. The number of para-hydroxylation sites is 1. The van der Waals surface area contributed by atoms with E-state index in [1.54, 1.807) is 29.2 Å². The van der Waals surface area contributed by atoms with E-state index in [4.69, 9.17) is 21.1 Å². The van der Waals surface area contributed by atoms with E-state index in [-0.39, 0.29) is 23.5 Å². The number of amides is 1. The molecule has 2 heterocycles. The number of benzene rings is 2. The normalized spacial score (nSPS) is 15.0. The van der Waals surface area contributed by atoms with Crippen LogP contribution in [0.4, 0.5) is 30.4 Å². The Morgan fingerprint density at radius 2 is 1.89 bits per heavy atom. The quantitative estimate of drug-likeness (QED) is 0.488. The summed E-state index contributed by atoms with van der Waals surface area (Å²) in [6.07, 6.45) is -4.38. The highest BCUT2D eigenvalue weighted by Gasteiger charge is 2.36. The van der Waals surface area contributed by atoms with Gasteiger partial charge in [-0.3, -0.25) is 4.79 Å². The van der Waals surface area contributed by atoms with Crippen LogP contribution in [0.2, 0.25) is 5.02 Å². The number of carbonyl (C=O) groups is 2. The number of halogens is 4. The van der Waals surface area contributed by atoms with Gasteiger partial charge in [0, 0.05) is 11.9 Å². The Morgan fingerprint density at radius 1 is 1.14 bits per heavy atom. The minimum Gasteiger partial charge on any atom is -0.474 e. The first kappa shape index (κ1) is 24.1. The van der Waals surface area contributed by atoms with Crippen molar-refractivity contribution in [2.75, 3.05) is 23.9 Å². The maximum atomic E-state index is 13.1. The Hall–Kier alpha value is -3.99. The van der Waals surface area contributed by atoms with Gasteiger partial charge in [-0.05, 0) is 48.5 Å². The second-order valence-corrected chi connectivity index (χ2v) is 7.64. The highest BCUT2D eigenvalue weighted by atomic mass is 35.5. The first-order chi connectivity index (χ1) is 16.7. The highest BCUT2D eigenvalue weighted by Crippen LogP contribution is 2.42. The number of esters is 1. The maximum absolute atomic E-state index is 13.1. The van der Waals surface area contributed by atoms with Crippen molar-refractivity contribution in [2.24, 2.45) is 0 Å². The molecule has 0 saturated heterocycles. The number of hydrogen-bond donors (Lipinski definition) is 1. The van der Waals surface area contributed by atoms with Gasteiger partial charge in [-0.15, -0.1) is 13.2 Å². The lowest BCUT2D eigenvalue weighted by molar-refractivity contribution is -0.274. The van der Waals surface area contributed by atoms with E-state index < -0.39 is 30.1 Å². The first-order valence-electron chi connectivity index (χ1n) is 10.1. The summed E-state index contributed by atoms with van der Waals surface area (Å²) in [4.78, 5) is 31.3. The van der Waals surface area contributed by atoms with Gasteiger partial charge < -0.3 is 24.4 Å². The molecule has 1 aromatic heterocycles. The number of pyridine rings is 1. The van der Waals surface area contributed by atoms with Crippen molar-refractivity contribution in [3.63, 3.8) is 0 Å². The molecule has 0 aliphatic carbocycles. The van der Waals surface area contributed by atoms with E-state index in [9.17, 15) is 22.8 Å². The molecule has 2 aromatic carbocycles. The molecule has 1 aliphatic heterocycles. The van der Waals surface area contributed by atoms with Crippen molar-refractivity contribution in [3.8, 4) is 11.5 Å². The molecule has 0 fully saturated rings. The first-order valence-corrected chi connectivity index (χ1v) is 10.5. The molecule has 35 heavy (non-hydrogen) atoms. The van der Waals surface area contributed by atoms with Gasteiger partial charge in [0.15, 0.2) is 11.6 Å². The fourth-order valence-corrected chi connectivity index (χ4v) is 3.68. The highest BCUT2D eigenvalue weighted by molar-refractivity contribution is 6.33. The number of carbonyl (C=O) groups excluding carboxylic acids is 2.